The molecule has 2 heterocycles. The average Bonchev–Trinajstić information content (AvgIpc) is 3.25. The number of carbonyl (C=O) groups is 2. The Morgan fingerprint density at radius 1 is 1.09 bits per heavy atom. The first-order chi connectivity index (χ1) is 16.2. The number of amides is 1. The van der Waals surface area contributed by atoms with Crippen LogP contribution in [0.25, 0.3) is 10.5 Å². The number of hydrogen-bond donors (Lipinski definition) is 0. The maximum Gasteiger partial charge on any atom is 0.345 e. The third kappa shape index (κ3) is 4.19. The van der Waals surface area contributed by atoms with Crippen LogP contribution in [0.3, 0.4) is 0 Å². The summed E-state index contributed by atoms with van der Waals surface area (Å²) in [4.78, 5) is 29.2. The monoisotopic (exact) mass is 511 g/mol. The highest BCUT2D eigenvalue weighted by atomic mass is 32.2. The van der Waals surface area contributed by atoms with E-state index in [1.807, 2.05) is 69.3 Å². The third-order valence-electron chi connectivity index (χ3n) is 5.65. The van der Waals surface area contributed by atoms with Gasteiger partial charge in [-0.05, 0) is 44.5 Å². The van der Waals surface area contributed by atoms with Crippen LogP contribution in [-0.4, -0.2) is 36.0 Å². The number of rotatable bonds is 4. The minimum Gasteiger partial charge on any atom is -0.494 e. The number of methoxy groups -OCH3 is 1. The zero-order chi connectivity index (χ0) is 24.6. The largest absolute Gasteiger partial charge is 0.494 e. The fourth-order valence-corrected chi connectivity index (χ4v) is 7.33. The normalized spacial score (nSPS) is 19.2. The molecular weight excluding hydrogens is 486 g/mol. The fraction of sp³-hybridized carbons (Fsp3) is 0.269. The molecule has 0 aliphatic carbocycles. The molecular formula is C26H25NO4S3. The maximum atomic E-state index is 12.7. The van der Waals surface area contributed by atoms with Gasteiger partial charge in [0.15, 0.2) is 0 Å². The lowest BCUT2D eigenvalue weighted by atomic mass is 9.83. The number of ether oxygens (including phenoxy) is 2. The summed E-state index contributed by atoms with van der Waals surface area (Å²) in [7, 11) is 1.39. The molecule has 0 spiro atoms. The van der Waals surface area contributed by atoms with Crippen LogP contribution in [0.1, 0.15) is 38.8 Å². The molecule has 0 bridgehead atoms. The van der Waals surface area contributed by atoms with Crippen molar-refractivity contribution in [3.05, 3.63) is 68.8 Å². The van der Waals surface area contributed by atoms with E-state index in [1.54, 1.807) is 11.8 Å². The van der Waals surface area contributed by atoms with Gasteiger partial charge in [0.2, 0.25) is 5.91 Å². The van der Waals surface area contributed by atoms with E-state index in [2.05, 4.69) is 0 Å². The van der Waals surface area contributed by atoms with Crippen molar-refractivity contribution in [2.75, 3.05) is 18.6 Å². The van der Waals surface area contributed by atoms with Gasteiger partial charge in [-0.25, -0.2) is 4.79 Å². The van der Waals surface area contributed by atoms with E-state index < -0.39 is 5.54 Å². The molecule has 0 atom stereocenters. The van der Waals surface area contributed by atoms with Crippen LogP contribution in [-0.2, 0) is 14.3 Å². The Kier molecular flexibility index (Phi) is 6.94. The summed E-state index contributed by atoms with van der Waals surface area (Å²) in [6.07, 6.45) is 0. The Balaban J connectivity index is 1.94. The molecule has 0 aromatic heterocycles. The van der Waals surface area contributed by atoms with Gasteiger partial charge in [-0.3, -0.25) is 4.79 Å². The first kappa shape index (κ1) is 24.6. The smallest absolute Gasteiger partial charge is 0.345 e. The average molecular weight is 512 g/mol. The van der Waals surface area contributed by atoms with Crippen LogP contribution in [0.15, 0.2) is 57.7 Å². The molecule has 0 saturated carbocycles. The predicted molar refractivity (Wildman–Crippen MR) is 145 cm³/mol. The van der Waals surface area contributed by atoms with E-state index in [0.29, 0.717) is 22.1 Å². The Hall–Kier alpha value is -2.55. The molecule has 0 fully saturated rings. The number of thiocarbonyl (C=S) groups is 1. The van der Waals surface area contributed by atoms with Gasteiger partial charge in [0.25, 0.3) is 0 Å². The molecule has 2 aromatic carbocycles. The summed E-state index contributed by atoms with van der Waals surface area (Å²) in [6, 6.07) is 15.5. The Morgan fingerprint density at radius 2 is 1.79 bits per heavy atom. The van der Waals surface area contributed by atoms with Crippen molar-refractivity contribution in [1.82, 2.24) is 0 Å². The quantitative estimate of drug-likeness (QED) is 0.272. The van der Waals surface area contributed by atoms with E-state index >= 15 is 0 Å². The zero-order valence-corrected chi connectivity index (χ0v) is 22.1. The molecule has 1 amide bonds. The molecule has 34 heavy (non-hydrogen) atoms. The fourth-order valence-electron chi connectivity index (χ4n) is 4.17. The first-order valence-corrected chi connectivity index (χ1v) is 12.9. The summed E-state index contributed by atoms with van der Waals surface area (Å²) >= 11 is 8.89. The lowest BCUT2D eigenvalue weighted by Crippen LogP contribution is -2.55. The van der Waals surface area contributed by atoms with Crippen molar-refractivity contribution in [3.63, 3.8) is 0 Å². The summed E-state index contributed by atoms with van der Waals surface area (Å²) in [5, 5.41) is 0. The third-order valence-corrected chi connectivity index (χ3v) is 8.98. The second kappa shape index (κ2) is 9.60. The van der Waals surface area contributed by atoms with Crippen molar-refractivity contribution >= 4 is 68.6 Å². The molecule has 0 N–H and O–H groups in total. The molecule has 4 rings (SSSR count). The molecule has 0 unspecified atom stereocenters. The van der Waals surface area contributed by atoms with Crippen LogP contribution < -0.4 is 9.64 Å². The standard InChI is InChI=1S/C26H25NO4S3/c1-6-31-17-12-13-19-18(14-17)20(23(32)26(3,4)27(19)15(2)28)25-33-21(16-10-8-7-9-11-16)22(34-25)24(29)30-5/h7-14H,6H2,1-5H3. The van der Waals surface area contributed by atoms with Gasteiger partial charge in [0, 0.05) is 23.0 Å². The number of anilines is 1. The summed E-state index contributed by atoms with van der Waals surface area (Å²) in [5.41, 5.74) is 2.64. The molecule has 2 aliphatic rings. The zero-order valence-electron chi connectivity index (χ0n) is 19.6. The van der Waals surface area contributed by atoms with Crippen LogP contribution >= 0.6 is 35.7 Å². The van der Waals surface area contributed by atoms with Crippen LogP contribution in [0.4, 0.5) is 5.69 Å². The van der Waals surface area contributed by atoms with Crippen LogP contribution in [0.5, 0.6) is 5.75 Å². The number of nitrogens with zero attached hydrogens (tertiary/aromatic N) is 1. The van der Waals surface area contributed by atoms with Gasteiger partial charge in [-0.15, -0.1) is 0 Å². The molecule has 0 saturated heterocycles. The number of esters is 1. The van der Waals surface area contributed by atoms with Gasteiger partial charge < -0.3 is 14.4 Å². The molecule has 2 aromatic rings. The van der Waals surface area contributed by atoms with Gasteiger partial charge in [0.1, 0.15) is 10.7 Å². The highest BCUT2D eigenvalue weighted by molar-refractivity contribution is 8.32. The van der Waals surface area contributed by atoms with Crippen molar-refractivity contribution < 1.29 is 19.1 Å². The summed E-state index contributed by atoms with van der Waals surface area (Å²) in [6.45, 7) is 7.90. The van der Waals surface area contributed by atoms with Crippen molar-refractivity contribution in [3.8, 4) is 5.75 Å². The Bertz CT molecular complexity index is 1250. The Labute approximate surface area is 213 Å². The van der Waals surface area contributed by atoms with Crippen molar-refractivity contribution in [2.45, 2.75) is 33.2 Å². The predicted octanol–water partition coefficient (Wildman–Crippen LogP) is 6.29. The maximum absolute atomic E-state index is 12.7. The lowest BCUT2D eigenvalue weighted by Gasteiger charge is -2.45. The van der Waals surface area contributed by atoms with Crippen molar-refractivity contribution in [1.29, 1.82) is 0 Å². The van der Waals surface area contributed by atoms with E-state index in [0.717, 1.165) is 31.5 Å². The van der Waals surface area contributed by atoms with E-state index in [1.165, 1.54) is 30.6 Å². The lowest BCUT2D eigenvalue weighted by molar-refractivity contribution is -0.135. The topological polar surface area (TPSA) is 55.8 Å². The Morgan fingerprint density at radius 3 is 2.41 bits per heavy atom. The molecule has 176 valence electrons. The van der Waals surface area contributed by atoms with Crippen LogP contribution in [0.2, 0.25) is 0 Å². The highest BCUT2D eigenvalue weighted by Crippen LogP contribution is 2.58. The minimum atomic E-state index is -0.730. The number of fused-ring (bicyclic) bond motifs is 1. The van der Waals surface area contributed by atoms with Gasteiger partial charge in [-0.2, -0.15) is 0 Å². The molecule has 2 aliphatic heterocycles. The number of thioether (sulfide) groups is 2. The first-order valence-electron chi connectivity index (χ1n) is 10.8. The second-order valence-corrected chi connectivity index (χ2v) is 10.9. The number of benzene rings is 2. The van der Waals surface area contributed by atoms with Gasteiger partial charge in [-0.1, -0.05) is 66.1 Å². The SMILES string of the molecule is CCOc1ccc2c(c1)C(=C1SC(C(=O)OC)=C(c3ccccc3)S1)C(=S)C(C)(C)N2C(C)=O. The number of hydrogen-bond acceptors (Lipinski definition) is 7. The summed E-state index contributed by atoms with van der Waals surface area (Å²) in [5.74, 6) is 0.219. The minimum absolute atomic E-state index is 0.0908. The van der Waals surface area contributed by atoms with E-state index in [-0.39, 0.29) is 11.9 Å². The summed E-state index contributed by atoms with van der Waals surface area (Å²) < 4.78 is 11.7. The van der Waals surface area contributed by atoms with Gasteiger partial charge in [0.05, 0.1) is 34.0 Å². The van der Waals surface area contributed by atoms with E-state index in [4.69, 9.17) is 21.7 Å². The number of carbonyl (C=O) groups excluding carboxylic acids is 2. The van der Waals surface area contributed by atoms with E-state index in [9.17, 15) is 9.59 Å². The van der Waals surface area contributed by atoms with Crippen LogP contribution in [0, 0.1) is 0 Å². The molecule has 0 radical (unpaired) electrons. The highest BCUT2D eigenvalue weighted by Gasteiger charge is 2.44. The van der Waals surface area contributed by atoms with Crippen molar-refractivity contribution in [2.24, 2.45) is 0 Å². The second-order valence-electron chi connectivity index (χ2n) is 8.24. The molecule has 5 nitrogen and oxygen atoms in total. The molecule has 8 heteroatoms. The van der Waals surface area contributed by atoms with Gasteiger partial charge >= 0.3 is 5.97 Å².